The molecule has 0 saturated heterocycles. The van der Waals surface area contributed by atoms with E-state index >= 15 is 0 Å². The second-order valence-corrected chi connectivity index (χ2v) is 4.24. The topological polar surface area (TPSA) is 45.8 Å². The first-order chi connectivity index (χ1) is 7.08. The van der Waals surface area contributed by atoms with Gasteiger partial charge >= 0.3 is 0 Å². The SMILES string of the molecule is Cc1ccc2c(=O)[nH]c([C@H](C)Cl)nc2c1. The summed E-state index contributed by atoms with van der Waals surface area (Å²) < 4.78 is 0. The maximum absolute atomic E-state index is 11.7. The molecule has 0 saturated carbocycles. The number of fused-ring (bicyclic) bond motifs is 1. The number of rotatable bonds is 1. The van der Waals surface area contributed by atoms with Crippen molar-refractivity contribution in [2.24, 2.45) is 0 Å². The Morgan fingerprint density at radius 2 is 2.20 bits per heavy atom. The molecule has 0 aliphatic heterocycles. The molecule has 15 heavy (non-hydrogen) atoms. The maximum Gasteiger partial charge on any atom is 0.258 e. The Morgan fingerprint density at radius 1 is 1.47 bits per heavy atom. The number of hydrogen-bond acceptors (Lipinski definition) is 2. The van der Waals surface area contributed by atoms with E-state index in [0.717, 1.165) is 5.56 Å². The first-order valence-corrected chi connectivity index (χ1v) is 5.16. The average Bonchev–Trinajstić information content (AvgIpc) is 2.16. The normalized spacial score (nSPS) is 13.0. The van der Waals surface area contributed by atoms with Crippen molar-refractivity contribution in [3.63, 3.8) is 0 Å². The molecule has 0 aliphatic carbocycles. The molecule has 0 fully saturated rings. The molecule has 1 aromatic carbocycles. The molecule has 4 heteroatoms. The van der Waals surface area contributed by atoms with Gasteiger partial charge in [0.05, 0.1) is 16.3 Å². The van der Waals surface area contributed by atoms with Gasteiger partial charge in [-0.25, -0.2) is 4.98 Å². The minimum Gasteiger partial charge on any atom is -0.309 e. The van der Waals surface area contributed by atoms with Gasteiger partial charge in [0.25, 0.3) is 5.56 Å². The molecular weight excluding hydrogens is 212 g/mol. The Bertz CT molecular complexity index is 560. The Morgan fingerprint density at radius 3 is 2.87 bits per heavy atom. The van der Waals surface area contributed by atoms with Crippen molar-refractivity contribution < 1.29 is 0 Å². The number of aromatic nitrogens is 2. The van der Waals surface area contributed by atoms with Gasteiger partial charge in [0.1, 0.15) is 5.82 Å². The highest BCUT2D eigenvalue weighted by atomic mass is 35.5. The minimum atomic E-state index is -0.289. The molecule has 0 bridgehead atoms. The third-order valence-corrected chi connectivity index (χ3v) is 2.46. The van der Waals surface area contributed by atoms with E-state index in [1.807, 2.05) is 19.1 Å². The molecule has 2 rings (SSSR count). The van der Waals surface area contributed by atoms with Gasteiger partial charge in [0, 0.05) is 0 Å². The van der Waals surface area contributed by atoms with Crippen LogP contribution in [-0.4, -0.2) is 9.97 Å². The van der Waals surface area contributed by atoms with Crippen LogP contribution in [0.15, 0.2) is 23.0 Å². The third-order valence-electron chi connectivity index (χ3n) is 2.26. The summed E-state index contributed by atoms with van der Waals surface area (Å²) in [4.78, 5) is 18.6. The van der Waals surface area contributed by atoms with Gasteiger partial charge < -0.3 is 4.98 Å². The Labute approximate surface area is 92.1 Å². The van der Waals surface area contributed by atoms with Crippen molar-refractivity contribution in [3.05, 3.63) is 39.9 Å². The monoisotopic (exact) mass is 222 g/mol. The van der Waals surface area contributed by atoms with Crippen molar-refractivity contribution in [2.75, 3.05) is 0 Å². The summed E-state index contributed by atoms with van der Waals surface area (Å²) in [5, 5.41) is 0.310. The van der Waals surface area contributed by atoms with Crippen LogP contribution >= 0.6 is 11.6 Å². The van der Waals surface area contributed by atoms with E-state index in [1.54, 1.807) is 13.0 Å². The van der Waals surface area contributed by atoms with E-state index in [-0.39, 0.29) is 10.9 Å². The number of aromatic amines is 1. The van der Waals surface area contributed by atoms with Crippen LogP contribution in [0.1, 0.15) is 23.7 Å². The van der Waals surface area contributed by atoms with Gasteiger partial charge in [-0.3, -0.25) is 4.79 Å². The number of aryl methyl sites for hydroxylation is 1. The number of alkyl halides is 1. The molecule has 0 amide bonds. The number of hydrogen-bond donors (Lipinski definition) is 1. The zero-order valence-corrected chi connectivity index (χ0v) is 9.30. The van der Waals surface area contributed by atoms with Gasteiger partial charge in [-0.05, 0) is 31.5 Å². The van der Waals surface area contributed by atoms with Crippen molar-refractivity contribution in [1.82, 2.24) is 9.97 Å². The van der Waals surface area contributed by atoms with E-state index < -0.39 is 0 Å². The first kappa shape index (κ1) is 10.2. The predicted octanol–water partition coefficient (Wildman–Crippen LogP) is 2.53. The van der Waals surface area contributed by atoms with Crippen LogP contribution < -0.4 is 5.56 Å². The zero-order chi connectivity index (χ0) is 11.0. The minimum absolute atomic E-state index is 0.137. The summed E-state index contributed by atoms with van der Waals surface area (Å²) in [6.45, 7) is 3.74. The summed E-state index contributed by atoms with van der Waals surface area (Å²) in [6.07, 6.45) is 0. The lowest BCUT2D eigenvalue weighted by molar-refractivity contribution is 0.914. The molecule has 1 aromatic heterocycles. The van der Waals surface area contributed by atoms with Crippen LogP contribution in [0, 0.1) is 6.92 Å². The Balaban J connectivity index is 2.80. The molecule has 0 unspecified atom stereocenters. The molecule has 78 valence electrons. The first-order valence-electron chi connectivity index (χ1n) is 4.72. The van der Waals surface area contributed by atoms with E-state index in [0.29, 0.717) is 16.7 Å². The lowest BCUT2D eigenvalue weighted by atomic mass is 10.2. The van der Waals surface area contributed by atoms with E-state index in [9.17, 15) is 4.79 Å². The van der Waals surface area contributed by atoms with Gasteiger partial charge in [-0.2, -0.15) is 0 Å². The molecule has 0 aliphatic rings. The van der Waals surface area contributed by atoms with E-state index in [1.165, 1.54) is 0 Å². The smallest absolute Gasteiger partial charge is 0.258 e. The molecule has 1 atom stereocenters. The van der Waals surface area contributed by atoms with Crippen LogP contribution in [-0.2, 0) is 0 Å². The van der Waals surface area contributed by atoms with Crippen LogP contribution in [0.5, 0.6) is 0 Å². The highest BCUT2D eigenvalue weighted by Gasteiger charge is 2.07. The number of nitrogens with zero attached hydrogens (tertiary/aromatic N) is 1. The molecule has 0 spiro atoms. The van der Waals surface area contributed by atoms with Crippen molar-refractivity contribution in [1.29, 1.82) is 0 Å². The maximum atomic E-state index is 11.7. The summed E-state index contributed by atoms with van der Waals surface area (Å²) in [7, 11) is 0. The van der Waals surface area contributed by atoms with Crippen LogP contribution in [0.2, 0.25) is 0 Å². The Kier molecular flexibility index (Phi) is 2.49. The van der Waals surface area contributed by atoms with Crippen LogP contribution in [0.3, 0.4) is 0 Å². The average molecular weight is 223 g/mol. The highest BCUT2D eigenvalue weighted by Crippen LogP contribution is 2.16. The fourth-order valence-corrected chi connectivity index (χ4v) is 1.56. The van der Waals surface area contributed by atoms with Gasteiger partial charge in [-0.1, -0.05) is 6.07 Å². The second-order valence-electron chi connectivity index (χ2n) is 3.59. The number of H-pyrrole nitrogens is 1. The fourth-order valence-electron chi connectivity index (χ4n) is 1.46. The summed E-state index contributed by atoms with van der Waals surface area (Å²) in [5.74, 6) is 0.514. The highest BCUT2D eigenvalue weighted by molar-refractivity contribution is 6.20. The predicted molar refractivity (Wildman–Crippen MR) is 61.4 cm³/mol. The molecule has 1 heterocycles. The number of benzene rings is 1. The standard InChI is InChI=1S/C11H11ClN2O/c1-6-3-4-8-9(5-6)13-10(7(2)12)14-11(8)15/h3-5,7H,1-2H3,(H,13,14,15)/t7-/m0/s1. The Hall–Kier alpha value is -1.35. The summed E-state index contributed by atoms with van der Waals surface area (Å²) >= 11 is 5.88. The fraction of sp³-hybridized carbons (Fsp3) is 0.273. The quantitative estimate of drug-likeness (QED) is 0.754. The number of nitrogens with one attached hydrogen (secondary N) is 1. The van der Waals surface area contributed by atoms with Gasteiger partial charge in [0.15, 0.2) is 0 Å². The molecular formula is C11H11ClN2O. The lowest BCUT2D eigenvalue weighted by Gasteiger charge is -2.04. The lowest BCUT2D eigenvalue weighted by Crippen LogP contribution is -2.12. The third kappa shape index (κ3) is 1.88. The molecule has 2 aromatic rings. The summed E-state index contributed by atoms with van der Waals surface area (Å²) in [6, 6.07) is 5.55. The van der Waals surface area contributed by atoms with Gasteiger partial charge in [-0.15, -0.1) is 11.6 Å². The zero-order valence-electron chi connectivity index (χ0n) is 8.54. The molecule has 0 radical (unpaired) electrons. The summed E-state index contributed by atoms with van der Waals surface area (Å²) in [5.41, 5.74) is 1.64. The van der Waals surface area contributed by atoms with Crippen molar-refractivity contribution >= 4 is 22.5 Å². The number of halogens is 1. The second kappa shape index (κ2) is 3.66. The van der Waals surface area contributed by atoms with Crippen LogP contribution in [0.25, 0.3) is 10.9 Å². The van der Waals surface area contributed by atoms with Crippen LogP contribution in [0.4, 0.5) is 0 Å². The largest absolute Gasteiger partial charge is 0.309 e. The van der Waals surface area contributed by atoms with E-state index in [4.69, 9.17) is 11.6 Å². The van der Waals surface area contributed by atoms with Crippen molar-refractivity contribution in [3.8, 4) is 0 Å². The molecule has 3 nitrogen and oxygen atoms in total. The van der Waals surface area contributed by atoms with E-state index in [2.05, 4.69) is 9.97 Å². The molecule has 1 N–H and O–H groups in total. The van der Waals surface area contributed by atoms with Gasteiger partial charge in [0.2, 0.25) is 0 Å². The van der Waals surface area contributed by atoms with Crippen molar-refractivity contribution in [2.45, 2.75) is 19.2 Å².